The van der Waals surface area contributed by atoms with E-state index in [0.29, 0.717) is 19.5 Å². The van der Waals surface area contributed by atoms with Crippen molar-refractivity contribution < 1.29 is 19.3 Å². The van der Waals surface area contributed by atoms with E-state index < -0.39 is 6.10 Å². The lowest BCUT2D eigenvalue weighted by Crippen LogP contribution is -2.39. The highest BCUT2D eigenvalue weighted by atomic mass is 16.7. The molecule has 2 saturated heterocycles. The molecular formula is C7H12O4. The molecule has 0 aliphatic carbocycles. The third-order valence-electron chi connectivity index (χ3n) is 1.98. The molecule has 2 aliphatic heterocycles. The molecular weight excluding hydrogens is 148 g/mol. The summed E-state index contributed by atoms with van der Waals surface area (Å²) in [5.74, 6) is 0. The molecule has 11 heavy (non-hydrogen) atoms. The third kappa shape index (κ3) is 1.90. The topological polar surface area (TPSA) is 51.2 Å². The fraction of sp³-hybridized carbons (Fsp3) is 1.00. The van der Waals surface area contributed by atoms with Crippen molar-refractivity contribution >= 4 is 0 Å². The Morgan fingerprint density at radius 3 is 2.73 bits per heavy atom. The van der Waals surface area contributed by atoms with Gasteiger partial charge in [-0.25, -0.2) is 0 Å². The standard InChI is InChI=1S/C7H12O4/c8-6-3-9-4-11-7(6)1-5-2-10-5/h5-8H,1-4H2. The number of hydrogen-bond acceptors (Lipinski definition) is 4. The van der Waals surface area contributed by atoms with Gasteiger partial charge in [0.05, 0.1) is 25.4 Å². The van der Waals surface area contributed by atoms with Crippen LogP contribution in [-0.4, -0.2) is 43.4 Å². The Balaban J connectivity index is 1.78. The van der Waals surface area contributed by atoms with Gasteiger partial charge in [-0.1, -0.05) is 0 Å². The first-order chi connectivity index (χ1) is 5.36. The summed E-state index contributed by atoms with van der Waals surface area (Å²) in [6, 6.07) is 0. The maximum atomic E-state index is 9.34. The monoisotopic (exact) mass is 160 g/mol. The lowest BCUT2D eigenvalue weighted by atomic mass is 10.1. The van der Waals surface area contributed by atoms with E-state index in [0.717, 1.165) is 13.0 Å². The molecule has 0 spiro atoms. The second-order valence-corrected chi connectivity index (χ2v) is 2.95. The SMILES string of the molecule is OC1COCOC1CC1CO1. The van der Waals surface area contributed by atoms with Gasteiger partial charge in [-0.3, -0.25) is 0 Å². The molecule has 0 aromatic heterocycles. The Morgan fingerprint density at radius 1 is 1.27 bits per heavy atom. The van der Waals surface area contributed by atoms with Gasteiger partial charge in [0.2, 0.25) is 0 Å². The summed E-state index contributed by atoms with van der Waals surface area (Å²) in [6.07, 6.45) is 0.543. The average Bonchev–Trinajstić information content (AvgIpc) is 2.78. The number of aliphatic hydroxyl groups is 1. The lowest BCUT2D eigenvalue weighted by Gasteiger charge is -2.27. The van der Waals surface area contributed by atoms with E-state index in [2.05, 4.69) is 0 Å². The number of rotatable bonds is 2. The second-order valence-electron chi connectivity index (χ2n) is 2.95. The first-order valence-corrected chi connectivity index (χ1v) is 3.85. The fourth-order valence-corrected chi connectivity index (χ4v) is 1.21. The van der Waals surface area contributed by atoms with Crippen molar-refractivity contribution in [3.63, 3.8) is 0 Å². The zero-order chi connectivity index (χ0) is 7.68. The van der Waals surface area contributed by atoms with Gasteiger partial charge in [-0.2, -0.15) is 0 Å². The molecule has 0 saturated carbocycles. The van der Waals surface area contributed by atoms with Crippen LogP contribution in [0.5, 0.6) is 0 Å². The first kappa shape index (κ1) is 7.49. The molecule has 2 heterocycles. The highest BCUT2D eigenvalue weighted by Gasteiger charge is 2.32. The lowest BCUT2D eigenvalue weighted by molar-refractivity contribution is -0.195. The van der Waals surface area contributed by atoms with Crippen LogP contribution in [0, 0.1) is 0 Å². The van der Waals surface area contributed by atoms with Gasteiger partial charge in [0.25, 0.3) is 0 Å². The van der Waals surface area contributed by atoms with Crippen LogP contribution in [-0.2, 0) is 14.2 Å². The predicted molar refractivity (Wildman–Crippen MR) is 36.1 cm³/mol. The molecule has 3 unspecified atom stereocenters. The Morgan fingerprint density at radius 2 is 2.09 bits per heavy atom. The minimum Gasteiger partial charge on any atom is -0.388 e. The summed E-state index contributed by atoms with van der Waals surface area (Å²) in [5, 5.41) is 9.34. The van der Waals surface area contributed by atoms with Crippen LogP contribution in [0.3, 0.4) is 0 Å². The van der Waals surface area contributed by atoms with Crippen LogP contribution in [0.1, 0.15) is 6.42 Å². The van der Waals surface area contributed by atoms with Crippen molar-refractivity contribution in [1.82, 2.24) is 0 Å². The zero-order valence-electron chi connectivity index (χ0n) is 6.23. The first-order valence-electron chi connectivity index (χ1n) is 3.85. The summed E-state index contributed by atoms with van der Waals surface area (Å²) in [6.45, 7) is 1.50. The largest absolute Gasteiger partial charge is 0.388 e. The minimum atomic E-state index is -0.479. The quantitative estimate of drug-likeness (QED) is 0.554. The summed E-state index contributed by atoms with van der Waals surface area (Å²) in [5.41, 5.74) is 0. The van der Waals surface area contributed by atoms with E-state index >= 15 is 0 Å². The van der Waals surface area contributed by atoms with Crippen LogP contribution >= 0.6 is 0 Å². The molecule has 0 aromatic rings. The van der Waals surface area contributed by atoms with Gasteiger partial charge in [-0.15, -0.1) is 0 Å². The average molecular weight is 160 g/mol. The molecule has 0 radical (unpaired) electrons. The van der Waals surface area contributed by atoms with Crippen molar-refractivity contribution in [2.75, 3.05) is 20.0 Å². The summed E-state index contributed by atoms with van der Waals surface area (Å²) in [4.78, 5) is 0. The van der Waals surface area contributed by atoms with Crippen LogP contribution in [0.2, 0.25) is 0 Å². The second kappa shape index (κ2) is 3.06. The normalized spacial score (nSPS) is 43.9. The van der Waals surface area contributed by atoms with Crippen LogP contribution in [0.15, 0.2) is 0 Å². The number of ether oxygens (including phenoxy) is 3. The fourth-order valence-electron chi connectivity index (χ4n) is 1.21. The predicted octanol–water partition coefficient (Wildman–Crippen LogP) is -0.491. The van der Waals surface area contributed by atoms with Crippen molar-refractivity contribution in [1.29, 1.82) is 0 Å². The molecule has 2 fully saturated rings. The summed E-state index contributed by atoms with van der Waals surface area (Å²) >= 11 is 0. The van der Waals surface area contributed by atoms with Crippen LogP contribution < -0.4 is 0 Å². The summed E-state index contributed by atoms with van der Waals surface area (Å²) in [7, 11) is 0. The maximum Gasteiger partial charge on any atom is 0.147 e. The molecule has 4 heteroatoms. The van der Waals surface area contributed by atoms with Gasteiger partial charge in [0.1, 0.15) is 12.9 Å². The molecule has 2 rings (SSSR count). The van der Waals surface area contributed by atoms with Gasteiger partial charge >= 0.3 is 0 Å². The van der Waals surface area contributed by atoms with E-state index in [1.807, 2.05) is 0 Å². The Kier molecular flexibility index (Phi) is 2.09. The Hall–Kier alpha value is -0.160. The highest BCUT2D eigenvalue weighted by Crippen LogP contribution is 2.21. The van der Waals surface area contributed by atoms with E-state index in [1.54, 1.807) is 0 Å². The molecule has 3 atom stereocenters. The molecule has 1 N–H and O–H groups in total. The molecule has 0 amide bonds. The van der Waals surface area contributed by atoms with Crippen molar-refractivity contribution in [2.24, 2.45) is 0 Å². The highest BCUT2D eigenvalue weighted by molar-refractivity contribution is 4.79. The van der Waals surface area contributed by atoms with Crippen LogP contribution in [0.4, 0.5) is 0 Å². The Bertz CT molecular complexity index is 134. The van der Waals surface area contributed by atoms with E-state index in [1.165, 1.54) is 0 Å². The van der Waals surface area contributed by atoms with Crippen molar-refractivity contribution in [2.45, 2.75) is 24.7 Å². The van der Waals surface area contributed by atoms with Gasteiger partial charge in [0.15, 0.2) is 0 Å². The van der Waals surface area contributed by atoms with E-state index in [9.17, 15) is 5.11 Å². The summed E-state index contributed by atoms with van der Waals surface area (Å²) < 4.78 is 15.1. The van der Waals surface area contributed by atoms with E-state index in [4.69, 9.17) is 14.2 Å². The number of epoxide rings is 1. The number of aliphatic hydroxyl groups excluding tert-OH is 1. The molecule has 64 valence electrons. The van der Waals surface area contributed by atoms with Gasteiger partial charge < -0.3 is 19.3 Å². The van der Waals surface area contributed by atoms with Gasteiger partial charge in [0, 0.05) is 6.42 Å². The number of hydrogen-bond donors (Lipinski definition) is 1. The molecule has 4 nitrogen and oxygen atoms in total. The smallest absolute Gasteiger partial charge is 0.147 e. The Labute approximate surface area is 65.1 Å². The van der Waals surface area contributed by atoms with Crippen molar-refractivity contribution in [3.8, 4) is 0 Å². The van der Waals surface area contributed by atoms with E-state index in [-0.39, 0.29) is 6.10 Å². The zero-order valence-corrected chi connectivity index (χ0v) is 6.23. The maximum absolute atomic E-state index is 9.34. The third-order valence-corrected chi connectivity index (χ3v) is 1.98. The van der Waals surface area contributed by atoms with Gasteiger partial charge in [-0.05, 0) is 0 Å². The molecule has 2 aliphatic rings. The minimum absolute atomic E-state index is 0.0868. The van der Waals surface area contributed by atoms with Crippen molar-refractivity contribution in [3.05, 3.63) is 0 Å². The molecule has 0 bridgehead atoms. The van der Waals surface area contributed by atoms with Crippen LogP contribution in [0.25, 0.3) is 0 Å². The molecule has 0 aromatic carbocycles.